The molecule has 0 aromatic heterocycles. The maximum atomic E-state index is 12.1. The van der Waals surface area contributed by atoms with Crippen LogP contribution in [0.4, 0.5) is 11.4 Å². The minimum atomic E-state index is -0.122. The summed E-state index contributed by atoms with van der Waals surface area (Å²) in [6.07, 6.45) is 0.959. The van der Waals surface area contributed by atoms with Gasteiger partial charge in [0.2, 0.25) is 5.91 Å². The van der Waals surface area contributed by atoms with Gasteiger partial charge in [-0.05, 0) is 37.6 Å². The lowest BCUT2D eigenvalue weighted by Gasteiger charge is -2.10. The molecular weight excluding hydrogens is 304 g/mol. The number of rotatable bonds is 9. The zero-order chi connectivity index (χ0) is 17.2. The SMILES string of the molecule is CCCOc1cccc(NCC(=O)Nc2cccc(OCC)c2)c1. The van der Waals surface area contributed by atoms with Crippen LogP contribution in [0.2, 0.25) is 0 Å². The van der Waals surface area contributed by atoms with Gasteiger partial charge in [-0.15, -0.1) is 0 Å². The van der Waals surface area contributed by atoms with Crippen LogP contribution >= 0.6 is 0 Å². The summed E-state index contributed by atoms with van der Waals surface area (Å²) in [5.74, 6) is 1.42. The largest absolute Gasteiger partial charge is 0.494 e. The predicted octanol–water partition coefficient (Wildman–Crippen LogP) is 3.92. The topological polar surface area (TPSA) is 59.6 Å². The highest BCUT2D eigenvalue weighted by atomic mass is 16.5. The second-order valence-electron chi connectivity index (χ2n) is 5.24. The van der Waals surface area contributed by atoms with Gasteiger partial charge in [-0.3, -0.25) is 4.79 Å². The molecule has 0 spiro atoms. The van der Waals surface area contributed by atoms with Gasteiger partial charge in [0.1, 0.15) is 11.5 Å². The summed E-state index contributed by atoms with van der Waals surface area (Å²) in [7, 11) is 0. The van der Waals surface area contributed by atoms with Gasteiger partial charge < -0.3 is 20.1 Å². The number of ether oxygens (including phenoxy) is 2. The second-order valence-corrected chi connectivity index (χ2v) is 5.24. The quantitative estimate of drug-likeness (QED) is 0.732. The highest BCUT2D eigenvalue weighted by Gasteiger charge is 2.04. The van der Waals surface area contributed by atoms with E-state index in [4.69, 9.17) is 9.47 Å². The minimum Gasteiger partial charge on any atom is -0.494 e. The fraction of sp³-hybridized carbons (Fsp3) is 0.316. The molecule has 24 heavy (non-hydrogen) atoms. The van der Waals surface area contributed by atoms with Gasteiger partial charge >= 0.3 is 0 Å². The average molecular weight is 328 g/mol. The molecule has 0 saturated heterocycles. The summed E-state index contributed by atoms with van der Waals surface area (Å²) < 4.78 is 11.0. The third-order valence-corrected chi connectivity index (χ3v) is 3.19. The fourth-order valence-electron chi connectivity index (χ4n) is 2.13. The van der Waals surface area contributed by atoms with Crippen molar-refractivity contribution in [2.45, 2.75) is 20.3 Å². The smallest absolute Gasteiger partial charge is 0.243 e. The Kier molecular flexibility index (Phi) is 6.95. The van der Waals surface area contributed by atoms with E-state index in [0.717, 1.165) is 23.6 Å². The summed E-state index contributed by atoms with van der Waals surface area (Å²) in [6, 6.07) is 14.9. The van der Waals surface area contributed by atoms with Gasteiger partial charge in [-0.1, -0.05) is 19.1 Å². The normalized spacial score (nSPS) is 10.1. The van der Waals surface area contributed by atoms with E-state index in [1.165, 1.54) is 0 Å². The standard InChI is InChI=1S/C19H24N2O3/c1-3-11-24-18-10-5-7-15(12-18)20-14-19(22)21-16-8-6-9-17(13-16)23-4-2/h5-10,12-13,20H,3-4,11,14H2,1-2H3,(H,21,22). The van der Waals surface area contributed by atoms with Crippen LogP contribution in [0, 0.1) is 0 Å². The Morgan fingerprint density at radius 2 is 1.62 bits per heavy atom. The average Bonchev–Trinajstić information content (AvgIpc) is 2.59. The lowest BCUT2D eigenvalue weighted by Crippen LogP contribution is -2.21. The summed E-state index contributed by atoms with van der Waals surface area (Å²) in [5, 5.41) is 5.95. The van der Waals surface area contributed by atoms with Crippen molar-refractivity contribution in [1.29, 1.82) is 0 Å². The number of amides is 1. The minimum absolute atomic E-state index is 0.122. The van der Waals surface area contributed by atoms with E-state index in [1.54, 1.807) is 6.07 Å². The molecule has 0 atom stereocenters. The fourth-order valence-corrected chi connectivity index (χ4v) is 2.13. The highest BCUT2D eigenvalue weighted by molar-refractivity contribution is 5.93. The van der Waals surface area contributed by atoms with Crippen LogP contribution in [0.3, 0.4) is 0 Å². The first-order valence-corrected chi connectivity index (χ1v) is 8.20. The van der Waals surface area contributed by atoms with Crippen LogP contribution in [0.5, 0.6) is 11.5 Å². The second kappa shape index (κ2) is 9.45. The molecule has 0 saturated carbocycles. The van der Waals surface area contributed by atoms with E-state index in [1.807, 2.05) is 49.4 Å². The summed E-state index contributed by atoms with van der Waals surface area (Å²) >= 11 is 0. The van der Waals surface area contributed by atoms with Crippen LogP contribution in [-0.4, -0.2) is 25.7 Å². The monoisotopic (exact) mass is 328 g/mol. The molecule has 2 aromatic rings. The van der Waals surface area contributed by atoms with E-state index < -0.39 is 0 Å². The first-order chi connectivity index (χ1) is 11.7. The number of benzene rings is 2. The Morgan fingerprint density at radius 3 is 2.33 bits per heavy atom. The van der Waals surface area contributed by atoms with Crippen molar-refractivity contribution in [3.05, 3.63) is 48.5 Å². The van der Waals surface area contributed by atoms with Gasteiger partial charge in [0, 0.05) is 23.5 Å². The zero-order valence-corrected chi connectivity index (χ0v) is 14.2. The molecule has 0 aliphatic rings. The molecule has 0 bridgehead atoms. The molecule has 1 amide bonds. The molecule has 0 aliphatic carbocycles. The molecule has 5 heteroatoms. The van der Waals surface area contributed by atoms with Crippen LogP contribution in [0.25, 0.3) is 0 Å². The molecule has 0 aliphatic heterocycles. The molecular formula is C19H24N2O3. The highest BCUT2D eigenvalue weighted by Crippen LogP contribution is 2.18. The first kappa shape index (κ1) is 17.7. The van der Waals surface area contributed by atoms with Gasteiger partial charge in [0.15, 0.2) is 0 Å². The molecule has 0 unspecified atom stereocenters. The Morgan fingerprint density at radius 1 is 0.958 bits per heavy atom. The zero-order valence-electron chi connectivity index (χ0n) is 14.2. The lowest BCUT2D eigenvalue weighted by atomic mass is 10.3. The van der Waals surface area contributed by atoms with E-state index in [9.17, 15) is 4.79 Å². The van der Waals surface area contributed by atoms with Crippen molar-refractivity contribution >= 4 is 17.3 Å². The molecule has 128 valence electrons. The molecule has 2 aromatic carbocycles. The Bertz CT molecular complexity index is 659. The third-order valence-electron chi connectivity index (χ3n) is 3.19. The van der Waals surface area contributed by atoms with Crippen molar-refractivity contribution in [3.8, 4) is 11.5 Å². The number of nitrogens with one attached hydrogen (secondary N) is 2. The predicted molar refractivity (Wildman–Crippen MR) is 97.0 cm³/mol. The van der Waals surface area contributed by atoms with E-state index in [0.29, 0.717) is 18.9 Å². The number of hydrogen-bond acceptors (Lipinski definition) is 4. The van der Waals surface area contributed by atoms with Crippen molar-refractivity contribution in [2.24, 2.45) is 0 Å². The summed E-state index contributed by atoms with van der Waals surface area (Å²) in [5.41, 5.74) is 1.56. The number of anilines is 2. The van der Waals surface area contributed by atoms with E-state index >= 15 is 0 Å². The Balaban J connectivity index is 1.85. The first-order valence-electron chi connectivity index (χ1n) is 8.20. The Hall–Kier alpha value is -2.69. The van der Waals surface area contributed by atoms with Crippen molar-refractivity contribution in [1.82, 2.24) is 0 Å². The van der Waals surface area contributed by atoms with Gasteiger partial charge in [0.05, 0.1) is 19.8 Å². The molecule has 0 fully saturated rings. The van der Waals surface area contributed by atoms with Crippen molar-refractivity contribution < 1.29 is 14.3 Å². The van der Waals surface area contributed by atoms with Gasteiger partial charge in [-0.2, -0.15) is 0 Å². The van der Waals surface area contributed by atoms with Crippen LogP contribution in [-0.2, 0) is 4.79 Å². The van der Waals surface area contributed by atoms with E-state index in [2.05, 4.69) is 17.6 Å². The molecule has 5 nitrogen and oxygen atoms in total. The molecule has 0 heterocycles. The summed E-state index contributed by atoms with van der Waals surface area (Å²) in [4.78, 5) is 12.1. The lowest BCUT2D eigenvalue weighted by molar-refractivity contribution is -0.114. The van der Waals surface area contributed by atoms with Crippen molar-refractivity contribution in [2.75, 3.05) is 30.4 Å². The number of hydrogen-bond donors (Lipinski definition) is 2. The maximum absolute atomic E-state index is 12.1. The van der Waals surface area contributed by atoms with Crippen LogP contribution in [0.1, 0.15) is 20.3 Å². The molecule has 2 N–H and O–H groups in total. The van der Waals surface area contributed by atoms with Crippen molar-refractivity contribution in [3.63, 3.8) is 0 Å². The van der Waals surface area contributed by atoms with Gasteiger partial charge in [-0.25, -0.2) is 0 Å². The maximum Gasteiger partial charge on any atom is 0.243 e. The number of carbonyl (C=O) groups excluding carboxylic acids is 1. The van der Waals surface area contributed by atoms with Crippen LogP contribution < -0.4 is 20.1 Å². The van der Waals surface area contributed by atoms with E-state index in [-0.39, 0.29) is 12.5 Å². The Labute approximate surface area is 143 Å². The van der Waals surface area contributed by atoms with Gasteiger partial charge in [0.25, 0.3) is 0 Å². The third kappa shape index (κ3) is 5.83. The molecule has 2 rings (SSSR count). The van der Waals surface area contributed by atoms with Crippen LogP contribution in [0.15, 0.2) is 48.5 Å². The number of carbonyl (C=O) groups is 1. The molecule has 0 radical (unpaired) electrons. The summed E-state index contributed by atoms with van der Waals surface area (Å²) in [6.45, 7) is 5.44.